The van der Waals surface area contributed by atoms with E-state index >= 15 is 0 Å². The van der Waals surface area contributed by atoms with E-state index in [1.807, 2.05) is 0 Å². The third-order valence-electron chi connectivity index (χ3n) is 2.80. The highest BCUT2D eigenvalue weighted by Gasteiger charge is 2.19. The van der Waals surface area contributed by atoms with Gasteiger partial charge in [0.25, 0.3) is 5.91 Å². The minimum Gasteiger partial charge on any atom is -0.452 e. The fourth-order valence-corrected chi connectivity index (χ4v) is 2.17. The molecule has 1 heterocycles. The maximum Gasteiger partial charge on any atom is 0.256 e. The summed E-state index contributed by atoms with van der Waals surface area (Å²) in [7, 11) is 0. The topological polar surface area (TPSA) is 42.2 Å². The van der Waals surface area contributed by atoms with Crippen LogP contribution in [0.2, 0.25) is 5.22 Å². The molecule has 0 unspecified atom stereocenters. The summed E-state index contributed by atoms with van der Waals surface area (Å²) in [6.07, 6.45) is 7.24. The normalized spacial score (nSPS) is 17.7. The molecular formula is C11H14ClNO2. The van der Waals surface area contributed by atoms with Gasteiger partial charge in [0.2, 0.25) is 5.22 Å². The Labute approximate surface area is 93.8 Å². The second kappa shape index (κ2) is 4.71. The van der Waals surface area contributed by atoms with Gasteiger partial charge in [0.05, 0.1) is 11.8 Å². The maximum absolute atomic E-state index is 11.7. The van der Waals surface area contributed by atoms with Crippen LogP contribution >= 0.6 is 11.6 Å². The van der Waals surface area contributed by atoms with Crippen molar-refractivity contribution >= 4 is 17.5 Å². The van der Waals surface area contributed by atoms with Gasteiger partial charge in [-0.05, 0) is 30.5 Å². The Kier molecular flexibility index (Phi) is 3.31. The summed E-state index contributed by atoms with van der Waals surface area (Å²) in [6.45, 7) is 0. The Hall–Kier alpha value is -0.960. The van der Waals surface area contributed by atoms with Gasteiger partial charge >= 0.3 is 0 Å². The van der Waals surface area contributed by atoms with E-state index in [-0.39, 0.29) is 11.1 Å². The smallest absolute Gasteiger partial charge is 0.256 e. The van der Waals surface area contributed by atoms with Crippen molar-refractivity contribution in [2.24, 2.45) is 0 Å². The molecule has 1 fully saturated rings. The van der Waals surface area contributed by atoms with Gasteiger partial charge in [-0.1, -0.05) is 19.3 Å². The minimum absolute atomic E-state index is 0.124. The first kappa shape index (κ1) is 10.6. The summed E-state index contributed by atoms with van der Waals surface area (Å²) in [5.74, 6) is -0.124. The van der Waals surface area contributed by atoms with E-state index in [1.165, 1.54) is 25.5 Å². The van der Waals surface area contributed by atoms with Crippen LogP contribution in [0.15, 0.2) is 16.7 Å². The average Bonchev–Trinajstić information content (AvgIpc) is 2.66. The van der Waals surface area contributed by atoms with Crippen LogP contribution in [0.1, 0.15) is 42.5 Å². The molecule has 0 bridgehead atoms. The van der Waals surface area contributed by atoms with Crippen LogP contribution in [0.25, 0.3) is 0 Å². The second-order valence-corrected chi connectivity index (χ2v) is 4.26. The van der Waals surface area contributed by atoms with Crippen LogP contribution in [-0.2, 0) is 0 Å². The SMILES string of the molecule is O=C(NC1CCCCC1)c1ccoc1Cl. The molecule has 1 saturated carbocycles. The Morgan fingerprint density at radius 3 is 2.73 bits per heavy atom. The molecule has 0 saturated heterocycles. The Morgan fingerprint density at radius 1 is 1.40 bits per heavy atom. The number of furan rings is 1. The molecule has 3 nitrogen and oxygen atoms in total. The Morgan fingerprint density at radius 2 is 2.13 bits per heavy atom. The van der Waals surface area contributed by atoms with Crippen LogP contribution in [0.5, 0.6) is 0 Å². The lowest BCUT2D eigenvalue weighted by molar-refractivity contribution is 0.0927. The number of hydrogen-bond acceptors (Lipinski definition) is 2. The number of halogens is 1. The molecule has 1 aromatic rings. The molecule has 0 radical (unpaired) electrons. The zero-order valence-corrected chi connectivity index (χ0v) is 9.22. The second-order valence-electron chi connectivity index (χ2n) is 3.92. The lowest BCUT2D eigenvalue weighted by Gasteiger charge is -2.22. The molecule has 0 aliphatic heterocycles. The van der Waals surface area contributed by atoms with Gasteiger partial charge in [-0.2, -0.15) is 0 Å². The maximum atomic E-state index is 11.7. The van der Waals surface area contributed by atoms with Crippen molar-refractivity contribution in [1.82, 2.24) is 5.32 Å². The third kappa shape index (κ3) is 2.53. The van der Waals surface area contributed by atoms with E-state index in [4.69, 9.17) is 16.0 Å². The molecule has 1 amide bonds. The highest BCUT2D eigenvalue weighted by atomic mass is 35.5. The van der Waals surface area contributed by atoms with Crippen molar-refractivity contribution in [3.8, 4) is 0 Å². The van der Waals surface area contributed by atoms with Crippen molar-refractivity contribution in [2.45, 2.75) is 38.1 Å². The summed E-state index contributed by atoms with van der Waals surface area (Å²) in [5.41, 5.74) is 0.433. The predicted molar refractivity (Wildman–Crippen MR) is 58.1 cm³/mol. The zero-order chi connectivity index (χ0) is 10.7. The first-order valence-electron chi connectivity index (χ1n) is 5.31. The first-order valence-corrected chi connectivity index (χ1v) is 5.69. The number of hydrogen-bond donors (Lipinski definition) is 1. The molecular weight excluding hydrogens is 214 g/mol. The predicted octanol–water partition coefficient (Wildman–Crippen LogP) is 3.00. The summed E-state index contributed by atoms with van der Waals surface area (Å²) in [6, 6.07) is 1.90. The lowest BCUT2D eigenvalue weighted by atomic mass is 9.95. The highest BCUT2D eigenvalue weighted by Crippen LogP contribution is 2.20. The lowest BCUT2D eigenvalue weighted by Crippen LogP contribution is -2.36. The third-order valence-corrected chi connectivity index (χ3v) is 3.10. The molecule has 1 N–H and O–H groups in total. The molecule has 1 aromatic heterocycles. The number of nitrogens with one attached hydrogen (secondary N) is 1. The van der Waals surface area contributed by atoms with Crippen molar-refractivity contribution in [3.05, 3.63) is 23.1 Å². The number of carbonyl (C=O) groups is 1. The van der Waals surface area contributed by atoms with Crippen LogP contribution in [0.4, 0.5) is 0 Å². The van der Waals surface area contributed by atoms with Crippen LogP contribution < -0.4 is 5.32 Å². The molecule has 0 spiro atoms. The summed E-state index contributed by atoms with van der Waals surface area (Å²) in [4.78, 5) is 11.7. The van der Waals surface area contributed by atoms with Gasteiger partial charge in [-0.15, -0.1) is 0 Å². The fraction of sp³-hybridized carbons (Fsp3) is 0.545. The average molecular weight is 228 g/mol. The van der Waals surface area contributed by atoms with Gasteiger partial charge in [-0.25, -0.2) is 0 Å². The monoisotopic (exact) mass is 227 g/mol. The molecule has 1 aliphatic carbocycles. The Bertz CT molecular complexity index is 342. The van der Waals surface area contributed by atoms with E-state index in [2.05, 4.69) is 5.32 Å². The number of carbonyl (C=O) groups excluding carboxylic acids is 1. The zero-order valence-electron chi connectivity index (χ0n) is 8.46. The van der Waals surface area contributed by atoms with Gasteiger partial charge in [-0.3, -0.25) is 4.79 Å². The van der Waals surface area contributed by atoms with Crippen LogP contribution in [-0.4, -0.2) is 11.9 Å². The van der Waals surface area contributed by atoms with E-state index in [0.29, 0.717) is 11.6 Å². The van der Waals surface area contributed by atoms with Gasteiger partial charge < -0.3 is 9.73 Å². The fourth-order valence-electron chi connectivity index (χ4n) is 1.97. The van der Waals surface area contributed by atoms with E-state index in [9.17, 15) is 4.79 Å². The molecule has 0 atom stereocenters. The largest absolute Gasteiger partial charge is 0.452 e. The van der Waals surface area contributed by atoms with Crippen molar-refractivity contribution in [2.75, 3.05) is 0 Å². The summed E-state index contributed by atoms with van der Waals surface area (Å²) < 4.78 is 4.88. The van der Waals surface area contributed by atoms with E-state index in [1.54, 1.807) is 6.07 Å². The molecule has 0 aromatic carbocycles. The molecule has 2 rings (SSSR count). The summed E-state index contributed by atoms with van der Waals surface area (Å²) >= 11 is 5.72. The molecule has 82 valence electrons. The number of amides is 1. The quantitative estimate of drug-likeness (QED) is 0.844. The van der Waals surface area contributed by atoms with Gasteiger partial charge in [0, 0.05) is 6.04 Å². The van der Waals surface area contributed by atoms with Crippen LogP contribution in [0.3, 0.4) is 0 Å². The Balaban J connectivity index is 1.94. The van der Waals surface area contributed by atoms with E-state index in [0.717, 1.165) is 12.8 Å². The first-order chi connectivity index (χ1) is 7.27. The summed E-state index contributed by atoms with van der Waals surface area (Å²) in [5, 5.41) is 3.15. The van der Waals surface area contributed by atoms with E-state index < -0.39 is 0 Å². The number of rotatable bonds is 2. The van der Waals surface area contributed by atoms with Crippen molar-refractivity contribution < 1.29 is 9.21 Å². The van der Waals surface area contributed by atoms with Crippen LogP contribution in [0, 0.1) is 0 Å². The molecule has 4 heteroatoms. The van der Waals surface area contributed by atoms with Crippen molar-refractivity contribution in [1.29, 1.82) is 0 Å². The molecule has 1 aliphatic rings. The minimum atomic E-state index is -0.124. The standard InChI is InChI=1S/C11H14ClNO2/c12-10-9(6-7-15-10)11(14)13-8-4-2-1-3-5-8/h6-8H,1-5H2,(H,13,14). The molecule has 15 heavy (non-hydrogen) atoms. The van der Waals surface area contributed by atoms with Gasteiger partial charge in [0.15, 0.2) is 0 Å². The van der Waals surface area contributed by atoms with Gasteiger partial charge in [0.1, 0.15) is 0 Å². The highest BCUT2D eigenvalue weighted by molar-refractivity contribution is 6.32. The van der Waals surface area contributed by atoms with Crippen molar-refractivity contribution in [3.63, 3.8) is 0 Å².